The van der Waals surface area contributed by atoms with E-state index in [1.165, 1.54) is 17.8 Å². The molecule has 80 valence electrons. The quantitative estimate of drug-likeness (QED) is 0.811. The Morgan fingerprint density at radius 1 is 1.50 bits per heavy atom. The van der Waals surface area contributed by atoms with E-state index in [1.54, 1.807) is 11.3 Å². The third-order valence-electron chi connectivity index (χ3n) is 2.56. The Balaban J connectivity index is 2.67. The van der Waals surface area contributed by atoms with Gasteiger partial charge in [-0.1, -0.05) is 13.3 Å². The normalized spacial score (nSPS) is 12.0. The summed E-state index contributed by atoms with van der Waals surface area (Å²) in [7, 11) is 1.98. The van der Waals surface area contributed by atoms with Gasteiger partial charge in [0.05, 0.1) is 16.2 Å². The van der Waals surface area contributed by atoms with E-state index in [1.807, 2.05) is 7.05 Å². The molecule has 0 amide bonds. The van der Waals surface area contributed by atoms with E-state index < -0.39 is 0 Å². The zero-order valence-electron chi connectivity index (χ0n) is 9.55. The minimum atomic E-state index is 0.000957. The molecule has 0 bridgehead atoms. The second-order valence-corrected chi connectivity index (χ2v) is 5.05. The second kappa shape index (κ2) is 4.89. The Morgan fingerprint density at radius 2 is 2.21 bits per heavy atom. The highest BCUT2D eigenvalue weighted by Gasteiger charge is 2.20. The summed E-state index contributed by atoms with van der Waals surface area (Å²) in [6.45, 7) is 6.53. The first-order chi connectivity index (χ1) is 6.60. The van der Waals surface area contributed by atoms with Gasteiger partial charge in [-0.25, -0.2) is 4.98 Å². The van der Waals surface area contributed by atoms with Crippen LogP contribution in [-0.2, 0) is 12.0 Å². The highest BCUT2D eigenvalue weighted by molar-refractivity contribution is 7.09. The molecule has 0 saturated carbocycles. The number of unbranched alkanes of at least 4 members (excludes halogenated alkanes) is 1. The Hall–Kier alpha value is -0.410. The summed E-state index contributed by atoms with van der Waals surface area (Å²) in [6.07, 6.45) is 3.61. The lowest BCUT2D eigenvalue weighted by Gasteiger charge is -2.21. The van der Waals surface area contributed by atoms with Crippen molar-refractivity contribution in [1.82, 2.24) is 10.3 Å². The number of rotatable bonds is 5. The summed E-state index contributed by atoms with van der Waals surface area (Å²) < 4.78 is 0. The molecule has 2 nitrogen and oxygen atoms in total. The number of hydrogen-bond donors (Lipinski definition) is 1. The van der Waals surface area contributed by atoms with Crippen LogP contribution in [0.25, 0.3) is 0 Å². The third kappa shape index (κ3) is 2.79. The summed E-state index contributed by atoms with van der Waals surface area (Å²) in [6, 6.07) is 0. The molecule has 0 aliphatic heterocycles. The van der Waals surface area contributed by atoms with Crippen LogP contribution >= 0.6 is 11.3 Å². The highest BCUT2D eigenvalue weighted by Crippen LogP contribution is 2.22. The Bertz CT molecular complexity index is 279. The molecule has 1 aromatic heterocycles. The standard InChI is InChI=1S/C11H20N2S/c1-5-6-7-10-13-9(8-14-10)11(2,3)12-4/h8,12H,5-7H2,1-4H3. The molecule has 0 aliphatic rings. The Labute approximate surface area is 90.8 Å². The maximum Gasteiger partial charge on any atom is 0.0929 e. The lowest BCUT2D eigenvalue weighted by molar-refractivity contribution is 0.432. The van der Waals surface area contributed by atoms with Crippen LogP contribution in [0.4, 0.5) is 0 Å². The van der Waals surface area contributed by atoms with Crippen LogP contribution in [-0.4, -0.2) is 12.0 Å². The number of aryl methyl sites for hydroxylation is 1. The molecule has 0 unspecified atom stereocenters. The van der Waals surface area contributed by atoms with Crippen LogP contribution in [0, 0.1) is 0 Å². The summed E-state index contributed by atoms with van der Waals surface area (Å²) >= 11 is 1.78. The molecule has 0 aliphatic carbocycles. The Kier molecular flexibility index (Phi) is 4.08. The van der Waals surface area contributed by atoms with Gasteiger partial charge in [0.1, 0.15) is 0 Å². The SMILES string of the molecule is CCCCc1nc(C(C)(C)NC)cs1. The fraction of sp³-hybridized carbons (Fsp3) is 0.727. The van der Waals surface area contributed by atoms with Gasteiger partial charge in [0, 0.05) is 5.38 Å². The lowest BCUT2D eigenvalue weighted by Crippen LogP contribution is -2.33. The molecule has 3 heteroatoms. The number of nitrogens with one attached hydrogen (secondary N) is 1. The van der Waals surface area contributed by atoms with Crippen LogP contribution in [0.3, 0.4) is 0 Å². The first kappa shape index (κ1) is 11.7. The summed E-state index contributed by atoms with van der Waals surface area (Å²) in [5, 5.41) is 6.71. The average Bonchev–Trinajstić information content (AvgIpc) is 2.63. The van der Waals surface area contributed by atoms with Crippen molar-refractivity contribution in [2.45, 2.75) is 45.6 Å². The molecular formula is C11H20N2S. The summed E-state index contributed by atoms with van der Waals surface area (Å²) in [5.41, 5.74) is 1.16. The summed E-state index contributed by atoms with van der Waals surface area (Å²) in [5.74, 6) is 0. The van der Waals surface area contributed by atoms with E-state index in [0.717, 1.165) is 12.1 Å². The van der Waals surface area contributed by atoms with E-state index >= 15 is 0 Å². The summed E-state index contributed by atoms with van der Waals surface area (Å²) in [4.78, 5) is 4.65. The largest absolute Gasteiger partial charge is 0.310 e. The molecule has 0 saturated heterocycles. The zero-order chi connectivity index (χ0) is 10.6. The van der Waals surface area contributed by atoms with E-state index in [4.69, 9.17) is 0 Å². The van der Waals surface area contributed by atoms with E-state index in [-0.39, 0.29) is 5.54 Å². The molecular weight excluding hydrogens is 192 g/mol. The van der Waals surface area contributed by atoms with Gasteiger partial charge in [-0.05, 0) is 33.7 Å². The van der Waals surface area contributed by atoms with Gasteiger partial charge < -0.3 is 5.32 Å². The van der Waals surface area contributed by atoms with E-state index in [2.05, 4.69) is 36.5 Å². The first-order valence-corrected chi connectivity index (χ1v) is 6.12. The van der Waals surface area contributed by atoms with Crippen molar-refractivity contribution < 1.29 is 0 Å². The average molecular weight is 212 g/mol. The molecule has 1 rings (SSSR count). The van der Waals surface area contributed by atoms with Gasteiger partial charge in [-0.2, -0.15) is 0 Å². The zero-order valence-corrected chi connectivity index (χ0v) is 10.4. The van der Waals surface area contributed by atoms with Gasteiger partial charge in [0.25, 0.3) is 0 Å². The smallest absolute Gasteiger partial charge is 0.0929 e. The topological polar surface area (TPSA) is 24.9 Å². The van der Waals surface area contributed by atoms with Crippen molar-refractivity contribution in [2.75, 3.05) is 7.05 Å². The maximum atomic E-state index is 4.65. The monoisotopic (exact) mass is 212 g/mol. The fourth-order valence-electron chi connectivity index (χ4n) is 1.17. The number of nitrogens with zero attached hydrogens (tertiary/aromatic N) is 1. The van der Waals surface area contributed by atoms with E-state index in [0.29, 0.717) is 0 Å². The van der Waals surface area contributed by atoms with Gasteiger partial charge >= 0.3 is 0 Å². The molecule has 0 fully saturated rings. The molecule has 1 N–H and O–H groups in total. The second-order valence-electron chi connectivity index (χ2n) is 4.11. The van der Waals surface area contributed by atoms with Crippen LogP contribution in [0.15, 0.2) is 5.38 Å². The minimum absolute atomic E-state index is 0.000957. The predicted molar refractivity (Wildman–Crippen MR) is 62.8 cm³/mol. The van der Waals surface area contributed by atoms with Gasteiger partial charge in [-0.3, -0.25) is 0 Å². The van der Waals surface area contributed by atoms with Gasteiger partial charge in [0.2, 0.25) is 0 Å². The lowest BCUT2D eigenvalue weighted by atomic mass is 10.0. The number of aromatic nitrogens is 1. The van der Waals surface area contributed by atoms with Crippen LogP contribution in [0.2, 0.25) is 0 Å². The van der Waals surface area contributed by atoms with E-state index in [9.17, 15) is 0 Å². The maximum absolute atomic E-state index is 4.65. The van der Waals surface area contributed by atoms with Crippen molar-refractivity contribution in [3.05, 3.63) is 16.1 Å². The van der Waals surface area contributed by atoms with Crippen molar-refractivity contribution in [3.63, 3.8) is 0 Å². The van der Waals surface area contributed by atoms with Crippen molar-refractivity contribution in [1.29, 1.82) is 0 Å². The van der Waals surface area contributed by atoms with Gasteiger partial charge in [-0.15, -0.1) is 11.3 Å². The highest BCUT2D eigenvalue weighted by atomic mass is 32.1. The molecule has 0 atom stereocenters. The number of hydrogen-bond acceptors (Lipinski definition) is 3. The molecule has 0 radical (unpaired) electrons. The molecule has 1 heterocycles. The molecule has 0 aromatic carbocycles. The van der Waals surface area contributed by atoms with Crippen LogP contribution < -0.4 is 5.32 Å². The molecule has 0 spiro atoms. The number of thiazole rings is 1. The molecule has 14 heavy (non-hydrogen) atoms. The minimum Gasteiger partial charge on any atom is -0.310 e. The van der Waals surface area contributed by atoms with Crippen molar-refractivity contribution in [3.8, 4) is 0 Å². The predicted octanol–water partition coefficient (Wildman–Crippen LogP) is 2.94. The molecule has 1 aromatic rings. The first-order valence-electron chi connectivity index (χ1n) is 5.24. The van der Waals surface area contributed by atoms with Crippen LogP contribution in [0.1, 0.15) is 44.3 Å². The fourth-order valence-corrected chi connectivity index (χ4v) is 2.18. The van der Waals surface area contributed by atoms with Crippen molar-refractivity contribution in [2.24, 2.45) is 0 Å². The Morgan fingerprint density at radius 3 is 2.79 bits per heavy atom. The van der Waals surface area contributed by atoms with Crippen LogP contribution in [0.5, 0.6) is 0 Å². The third-order valence-corrected chi connectivity index (χ3v) is 3.47. The van der Waals surface area contributed by atoms with Crippen molar-refractivity contribution >= 4 is 11.3 Å². The van der Waals surface area contributed by atoms with Gasteiger partial charge in [0.15, 0.2) is 0 Å².